The van der Waals surface area contributed by atoms with Crippen LogP contribution in [0.1, 0.15) is 50.5 Å². The number of likely N-dealkylation sites (N-methyl/N-ethyl adjacent to an activating group) is 1. The number of hydrogen-bond donors (Lipinski definition) is 1. The number of benzene rings is 1. The standard InChI is InChI=1S/C17H25Cl2N/c1-20-15(9-7-13-5-3-2-4-6-13)11-14-8-10-16(18)17(19)12-14/h8,10,12-13,15,20H,2-7,9,11H2,1H3. The topological polar surface area (TPSA) is 12.0 Å². The van der Waals surface area contributed by atoms with Crippen molar-refractivity contribution in [2.75, 3.05) is 7.05 Å². The van der Waals surface area contributed by atoms with Crippen LogP contribution in [0, 0.1) is 5.92 Å². The van der Waals surface area contributed by atoms with Crippen molar-refractivity contribution in [2.45, 2.75) is 57.4 Å². The maximum Gasteiger partial charge on any atom is 0.0595 e. The summed E-state index contributed by atoms with van der Waals surface area (Å²) in [5.74, 6) is 0.952. The van der Waals surface area contributed by atoms with Crippen LogP contribution in [0.2, 0.25) is 10.0 Å². The minimum absolute atomic E-state index is 0.536. The molecule has 1 aromatic rings. The molecule has 0 heterocycles. The molecule has 0 aliphatic heterocycles. The lowest BCUT2D eigenvalue weighted by Crippen LogP contribution is -2.28. The van der Waals surface area contributed by atoms with E-state index in [2.05, 4.69) is 18.4 Å². The average molecular weight is 314 g/mol. The molecular formula is C17H25Cl2N. The molecule has 1 atom stereocenters. The Balaban J connectivity index is 1.83. The smallest absolute Gasteiger partial charge is 0.0595 e. The van der Waals surface area contributed by atoms with Crippen LogP contribution in [0.5, 0.6) is 0 Å². The van der Waals surface area contributed by atoms with Crippen LogP contribution in [0.15, 0.2) is 18.2 Å². The molecule has 1 unspecified atom stereocenters. The highest BCUT2D eigenvalue weighted by atomic mass is 35.5. The van der Waals surface area contributed by atoms with Crippen LogP contribution in [-0.2, 0) is 6.42 Å². The zero-order valence-corrected chi connectivity index (χ0v) is 13.8. The summed E-state index contributed by atoms with van der Waals surface area (Å²) in [5.41, 5.74) is 1.27. The van der Waals surface area contributed by atoms with Crippen LogP contribution < -0.4 is 5.32 Å². The molecule has 3 heteroatoms. The molecule has 0 bridgehead atoms. The third-order valence-corrected chi connectivity index (χ3v) is 5.26. The lowest BCUT2D eigenvalue weighted by Gasteiger charge is -2.24. The van der Waals surface area contributed by atoms with Gasteiger partial charge < -0.3 is 5.32 Å². The normalized spacial score (nSPS) is 18.1. The van der Waals surface area contributed by atoms with Gasteiger partial charge in [0.15, 0.2) is 0 Å². The van der Waals surface area contributed by atoms with E-state index in [9.17, 15) is 0 Å². The van der Waals surface area contributed by atoms with Crippen molar-refractivity contribution in [3.63, 3.8) is 0 Å². The summed E-state index contributed by atoms with van der Waals surface area (Å²) >= 11 is 12.1. The predicted molar refractivity (Wildman–Crippen MR) is 88.8 cm³/mol. The number of hydrogen-bond acceptors (Lipinski definition) is 1. The Bertz CT molecular complexity index is 413. The van der Waals surface area contributed by atoms with Gasteiger partial charge in [-0.15, -0.1) is 0 Å². The highest BCUT2D eigenvalue weighted by molar-refractivity contribution is 6.42. The minimum atomic E-state index is 0.536. The molecule has 0 spiro atoms. The lowest BCUT2D eigenvalue weighted by molar-refractivity contribution is 0.316. The first kappa shape index (κ1) is 16.1. The van der Waals surface area contributed by atoms with Crippen molar-refractivity contribution in [1.29, 1.82) is 0 Å². The van der Waals surface area contributed by atoms with E-state index in [1.165, 1.54) is 50.5 Å². The molecule has 0 saturated heterocycles. The number of halogens is 2. The van der Waals surface area contributed by atoms with Gasteiger partial charge >= 0.3 is 0 Å². The van der Waals surface area contributed by atoms with E-state index >= 15 is 0 Å². The summed E-state index contributed by atoms with van der Waals surface area (Å²) in [6.45, 7) is 0. The van der Waals surface area contributed by atoms with Crippen LogP contribution in [0.3, 0.4) is 0 Å². The fraction of sp³-hybridized carbons (Fsp3) is 0.647. The number of nitrogens with one attached hydrogen (secondary N) is 1. The average Bonchev–Trinajstić information content (AvgIpc) is 2.48. The van der Waals surface area contributed by atoms with E-state index in [0.717, 1.165) is 12.3 Å². The van der Waals surface area contributed by atoms with Gasteiger partial charge in [0.25, 0.3) is 0 Å². The van der Waals surface area contributed by atoms with Gasteiger partial charge in [-0.25, -0.2) is 0 Å². The van der Waals surface area contributed by atoms with Crippen LogP contribution in [0.4, 0.5) is 0 Å². The quantitative estimate of drug-likeness (QED) is 0.732. The SMILES string of the molecule is CNC(CCC1CCCCC1)Cc1ccc(Cl)c(Cl)c1. The van der Waals surface area contributed by atoms with Crippen LogP contribution in [0.25, 0.3) is 0 Å². The maximum atomic E-state index is 6.09. The van der Waals surface area contributed by atoms with Gasteiger partial charge in [0, 0.05) is 6.04 Å². The molecule has 20 heavy (non-hydrogen) atoms. The van der Waals surface area contributed by atoms with Gasteiger partial charge in [0.1, 0.15) is 0 Å². The third-order valence-electron chi connectivity index (χ3n) is 4.52. The van der Waals surface area contributed by atoms with Gasteiger partial charge in [-0.1, -0.05) is 61.4 Å². The zero-order chi connectivity index (χ0) is 14.4. The molecule has 1 aliphatic rings. The molecule has 112 valence electrons. The molecule has 0 aromatic heterocycles. The van der Waals surface area contributed by atoms with Crippen LogP contribution >= 0.6 is 23.2 Å². The summed E-state index contributed by atoms with van der Waals surface area (Å²) in [6.07, 6.45) is 10.8. The molecule has 1 saturated carbocycles. The second kappa shape index (κ2) is 8.26. The molecule has 1 fully saturated rings. The molecule has 2 rings (SSSR count). The minimum Gasteiger partial charge on any atom is -0.317 e. The fourth-order valence-electron chi connectivity index (χ4n) is 3.21. The van der Waals surface area contributed by atoms with E-state index in [0.29, 0.717) is 16.1 Å². The highest BCUT2D eigenvalue weighted by Gasteiger charge is 2.16. The van der Waals surface area contributed by atoms with E-state index in [1.54, 1.807) is 0 Å². The van der Waals surface area contributed by atoms with Gasteiger partial charge in [0.05, 0.1) is 10.0 Å². The molecule has 1 N–H and O–H groups in total. The van der Waals surface area contributed by atoms with E-state index in [1.807, 2.05) is 12.1 Å². The second-order valence-electron chi connectivity index (χ2n) is 6.02. The largest absolute Gasteiger partial charge is 0.317 e. The van der Waals surface area contributed by atoms with Gasteiger partial charge in [0.2, 0.25) is 0 Å². The first-order chi connectivity index (χ1) is 9.69. The van der Waals surface area contributed by atoms with Gasteiger partial charge in [-0.05, 0) is 49.9 Å². The van der Waals surface area contributed by atoms with Crippen molar-refractivity contribution in [1.82, 2.24) is 5.32 Å². The Morgan fingerprint density at radius 3 is 2.55 bits per heavy atom. The predicted octanol–water partition coefficient (Wildman–Crippen LogP) is 5.48. The maximum absolute atomic E-state index is 6.09. The summed E-state index contributed by atoms with van der Waals surface area (Å²) in [6, 6.07) is 6.51. The molecule has 1 aliphatic carbocycles. The third kappa shape index (κ3) is 4.95. The van der Waals surface area contributed by atoms with Crippen molar-refractivity contribution >= 4 is 23.2 Å². The molecule has 1 aromatic carbocycles. The fourth-order valence-corrected chi connectivity index (χ4v) is 3.53. The molecular weight excluding hydrogens is 289 g/mol. The summed E-state index contributed by atoms with van der Waals surface area (Å²) in [5, 5.41) is 4.74. The lowest BCUT2D eigenvalue weighted by atomic mass is 9.84. The van der Waals surface area contributed by atoms with E-state index in [-0.39, 0.29) is 0 Å². The monoisotopic (exact) mass is 313 g/mol. The van der Waals surface area contributed by atoms with Gasteiger partial charge in [-0.3, -0.25) is 0 Å². The Labute approximate surface area is 133 Å². The Morgan fingerprint density at radius 1 is 1.15 bits per heavy atom. The van der Waals surface area contributed by atoms with E-state index in [4.69, 9.17) is 23.2 Å². The molecule has 0 amide bonds. The Kier molecular flexibility index (Phi) is 6.67. The van der Waals surface area contributed by atoms with Crippen molar-refractivity contribution in [3.05, 3.63) is 33.8 Å². The van der Waals surface area contributed by atoms with Crippen molar-refractivity contribution in [3.8, 4) is 0 Å². The summed E-state index contributed by atoms with van der Waals surface area (Å²) < 4.78 is 0. The number of rotatable bonds is 6. The first-order valence-electron chi connectivity index (χ1n) is 7.80. The summed E-state index contributed by atoms with van der Waals surface area (Å²) in [7, 11) is 2.06. The Morgan fingerprint density at radius 2 is 1.90 bits per heavy atom. The Hall–Kier alpha value is -0.240. The van der Waals surface area contributed by atoms with E-state index < -0.39 is 0 Å². The molecule has 1 nitrogen and oxygen atoms in total. The highest BCUT2D eigenvalue weighted by Crippen LogP contribution is 2.28. The zero-order valence-electron chi connectivity index (χ0n) is 12.3. The summed E-state index contributed by atoms with van der Waals surface area (Å²) in [4.78, 5) is 0. The first-order valence-corrected chi connectivity index (χ1v) is 8.56. The molecule has 0 radical (unpaired) electrons. The second-order valence-corrected chi connectivity index (χ2v) is 6.83. The van der Waals surface area contributed by atoms with Crippen LogP contribution in [-0.4, -0.2) is 13.1 Å². The van der Waals surface area contributed by atoms with Crippen molar-refractivity contribution in [2.24, 2.45) is 5.92 Å². The van der Waals surface area contributed by atoms with Crippen molar-refractivity contribution < 1.29 is 0 Å². The van der Waals surface area contributed by atoms with Gasteiger partial charge in [-0.2, -0.15) is 0 Å².